The number of aliphatic carboxylic acids is 2. The summed E-state index contributed by atoms with van der Waals surface area (Å²) in [7, 11) is 2.49. The van der Waals surface area contributed by atoms with Crippen LogP contribution < -0.4 is 0 Å². The van der Waals surface area contributed by atoms with Gasteiger partial charge in [0.25, 0.3) is 0 Å². The average molecular weight is 583 g/mol. The van der Waals surface area contributed by atoms with Crippen LogP contribution in [0.15, 0.2) is 48.5 Å². The van der Waals surface area contributed by atoms with Crippen LogP contribution in [-0.4, -0.2) is 48.3 Å². The third-order valence-corrected chi connectivity index (χ3v) is 8.06. The standard InChI is InChI=1S/C34H46O8/c1-4-5-6-11-18-25(30(35)36)19-12-9-7-8-10-17-24-34(33(39)40,28-22-15-13-20-26(28)31(37)41-2)29-23-16-14-21-27(29)32(38)42-3/h13-16,20-23,25H,4-12,17-19,24H2,1-3H3,(H,35,36)(H,39,40). The van der Waals surface area contributed by atoms with Gasteiger partial charge in [0.1, 0.15) is 5.41 Å². The zero-order valence-corrected chi connectivity index (χ0v) is 25.2. The molecule has 230 valence electrons. The van der Waals surface area contributed by atoms with E-state index in [1.165, 1.54) is 26.4 Å². The fourth-order valence-electron chi connectivity index (χ4n) is 5.74. The molecule has 0 aromatic heterocycles. The van der Waals surface area contributed by atoms with Gasteiger partial charge in [-0.2, -0.15) is 0 Å². The molecule has 0 fully saturated rings. The van der Waals surface area contributed by atoms with Crippen LogP contribution in [0.5, 0.6) is 0 Å². The van der Waals surface area contributed by atoms with Gasteiger partial charge in [-0.3, -0.25) is 9.59 Å². The normalized spacial score (nSPS) is 12.0. The van der Waals surface area contributed by atoms with Crippen LogP contribution in [0.3, 0.4) is 0 Å². The van der Waals surface area contributed by atoms with E-state index in [-0.39, 0.29) is 34.6 Å². The molecular formula is C34H46O8. The number of ether oxygens (including phenoxy) is 2. The second kappa shape index (κ2) is 18.0. The van der Waals surface area contributed by atoms with Gasteiger partial charge in [0.05, 0.1) is 31.3 Å². The molecule has 0 bridgehead atoms. The number of hydrogen-bond acceptors (Lipinski definition) is 6. The van der Waals surface area contributed by atoms with Gasteiger partial charge in [-0.05, 0) is 42.5 Å². The maximum absolute atomic E-state index is 13.2. The maximum atomic E-state index is 13.2. The molecule has 0 radical (unpaired) electrons. The lowest BCUT2D eigenvalue weighted by Crippen LogP contribution is -2.40. The highest BCUT2D eigenvalue weighted by Crippen LogP contribution is 2.42. The number of carboxylic acids is 2. The van der Waals surface area contributed by atoms with Crippen molar-refractivity contribution in [3.8, 4) is 0 Å². The summed E-state index contributed by atoms with van der Waals surface area (Å²) in [4.78, 5) is 50.3. The number of unbranched alkanes of at least 4 members (excludes halogenated alkanes) is 8. The van der Waals surface area contributed by atoms with Crippen molar-refractivity contribution in [3.63, 3.8) is 0 Å². The van der Waals surface area contributed by atoms with Crippen LogP contribution in [0.25, 0.3) is 0 Å². The Labute approximate surface area is 249 Å². The average Bonchev–Trinajstić information content (AvgIpc) is 3.00. The van der Waals surface area contributed by atoms with Gasteiger partial charge in [0.2, 0.25) is 0 Å². The SMILES string of the molecule is CCCCCCC(CCCCCCCCC(C(=O)O)(c1ccccc1C(=O)OC)c1ccccc1C(=O)OC)C(=O)O. The molecule has 0 amide bonds. The molecule has 0 aliphatic carbocycles. The molecule has 8 nitrogen and oxygen atoms in total. The summed E-state index contributed by atoms with van der Waals surface area (Å²) in [5.41, 5.74) is -0.907. The fourth-order valence-corrected chi connectivity index (χ4v) is 5.74. The second-order valence-corrected chi connectivity index (χ2v) is 10.8. The van der Waals surface area contributed by atoms with Crippen molar-refractivity contribution >= 4 is 23.9 Å². The smallest absolute Gasteiger partial charge is 0.338 e. The van der Waals surface area contributed by atoms with Crippen LogP contribution in [0.1, 0.15) is 122 Å². The number of carbonyl (C=O) groups is 4. The van der Waals surface area contributed by atoms with E-state index in [1.807, 2.05) is 0 Å². The number of rotatable bonds is 20. The molecule has 8 heteroatoms. The van der Waals surface area contributed by atoms with E-state index in [9.17, 15) is 29.4 Å². The summed E-state index contributed by atoms with van der Waals surface area (Å²) >= 11 is 0. The largest absolute Gasteiger partial charge is 0.481 e. The minimum Gasteiger partial charge on any atom is -0.481 e. The molecule has 2 rings (SSSR count). The summed E-state index contributed by atoms with van der Waals surface area (Å²) in [5, 5.41) is 20.3. The third kappa shape index (κ3) is 9.16. The number of benzene rings is 2. The van der Waals surface area contributed by atoms with Crippen molar-refractivity contribution in [3.05, 3.63) is 70.8 Å². The van der Waals surface area contributed by atoms with Gasteiger partial charge in [-0.1, -0.05) is 108 Å². The Morgan fingerprint density at radius 1 is 0.667 bits per heavy atom. The molecule has 42 heavy (non-hydrogen) atoms. The Balaban J connectivity index is 2.17. The Morgan fingerprint density at radius 3 is 1.52 bits per heavy atom. The maximum Gasteiger partial charge on any atom is 0.338 e. The topological polar surface area (TPSA) is 127 Å². The monoisotopic (exact) mass is 582 g/mol. The van der Waals surface area contributed by atoms with E-state index in [0.29, 0.717) is 12.8 Å². The Morgan fingerprint density at radius 2 is 1.10 bits per heavy atom. The first kappa shape index (κ1) is 34.5. The van der Waals surface area contributed by atoms with Crippen molar-refractivity contribution in [1.29, 1.82) is 0 Å². The predicted molar refractivity (Wildman–Crippen MR) is 161 cm³/mol. The highest BCUT2D eigenvalue weighted by Gasteiger charge is 2.46. The lowest BCUT2D eigenvalue weighted by molar-refractivity contribution is -0.143. The highest BCUT2D eigenvalue weighted by atomic mass is 16.5. The molecule has 0 aliphatic rings. The highest BCUT2D eigenvalue weighted by molar-refractivity contribution is 5.99. The molecule has 2 aromatic carbocycles. The molecule has 0 saturated carbocycles. The van der Waals surface area contributed by atoms with Gasteiger partial charge in [-0.15, -0.1) is 0 Å². The molecule has 0 aliphatic heterocycles. The Kier molecular flexibility index (Phi) is 14.8. The van der Waals surface area contributed by atoms with E-state index in [0.717, 1.165) is 64.2 Å². The predicted octanol–water partition coefficient (Wildman–Crippen LogP) is 7.42. The van der Waals surface area contributed by atoms with Crippen LogP contribution >= 0.6 is 0 Å². The fraction of sp³-hybridized carbons (Fsp3) is 0.529. The first-order valence-corrected chi connectivity index (χ1v) is 15.1. The first-order valence-electron chi connectivity index (χ1n) is 15.1. The molecule has 2 aromatic rings. The van der Waals surface area contributed by atoms with Crippen molar-refractivity contribution in [1.82, 2.24) is 0 Å². The minimum atomic E-state index is -1.69. The van der Waals surface area contributed by atoms with Crippen LogP contribution in [0, 0.1) is 5.92 Å². The summed E-state index contributed by atoms with van der Waals surface area (Å²) in [6, 6.07) is 12.9. The van der Waals surface area contributed by atoms with Gasteiger partial charge in [-0.25, -0.2) is 9.59 Å². The zero-order valence-electron chi connectivity index (χ0n) is 25.2. The zero-order chi connectivity index (χ0) is 31.0. The quantitative estimate of drug-likeness (QED) is 0.122. The second-order valence-electron chi connectivity index (χ2n) is 10.8. The molecule has 1 atom stereocenters. The summed E-state index contributed by atoms with van der Waals surface area (Å²) < 4.78 is 9.94. The van der Waals surface area contributed by atoms with E-state index < -0.39 is 29.3 Å². The lowest BCUT2D eigenvalue weighted by atomic mass is 9.68. The Bertz CT molecular complexity index is 1110. The molecule has 0 heterocycles. The van der Waals surface area contributed by atoms with E-state index in [1.54, 1.807) is 36.4 Å². The summed E-state index contributed by atoms with van der Waals surface area (Å²) in [5.74, 6) is -3.48. The number of hydrogen-bond donors (Lipinski definition) is 2. The van der Waals surface area contributed by atoms with Gasteiger partial charge in [0, 0.05) is 0 Å². The van der Waals surface area contributed by atoms with Gasteiger partial charge < -0.3 is 19.7 Å². The summed E-state index contributed by atoms with van der Waals surface area (Å²) in [6.07, 6.45) is 10.7. The lowest BCUT2D eigenvalue weighted by Gasteiger charge is -2.33. The summed E-state index contributed by atoms with van der Waals surface area (Å²) in [6.45, 7) is 2.14. The van der Waals surface area contributed by atoms with Crippen molar-refractivity contribution in [2.75, 3.05) is 14.2 Å². The molecule has 1 unspecified atom stereocenters. The van der Waals surface area contributed by atoms with E-state index in [2.05, 4.69) is 6.92 Å². The molecule has 2 N–H and O–H groups in total. The number of esters is 2. The minimum absolute atomic E-state index is 0.129. The number of methoxy groups -OCH3 is 2. The number of carbonyl (C=O) groups excluding carboxylic acids is 2. The van der Waals surface area contributed by atoms with Crippen LogP contribution in [0.4, 0.5) is 0 Å². The van der Waals surface area contributed by atoms with Gasteiger partial charge in [0.15, 0.2) is 0 Å². The number of carboxylic acid groups (broad SMARTS) is 2. The van der Waals surface area contributed by atoms with Crippen molar-refractivity contribution in [2.45, 2.75) is 95.8 Å². The molecule has 0 saturated heterocycles. The van der Waals surface area contributed by atoms with Crippen molar-refractivity contribution < 1.29 is 38.9 Å². The van der Waals surface area contributed by atoms with E-state index >= 15 is 0 Å². The van der Waals surface area contributed by atoms with Crippen LogP contribution in [0.2, 0.25) is 0 Å². The molecular weight excluding hydrogens is 536 g/mol. The Hall–Kier alpha value is -3.68. The third-order valence-electron chi connectivity index (χ3n) is 8.06. The van der Waals surface area contributed by atoms with E-state index in [4.69, 9.17) is 9.47 Å². The van der Waals surface area contributed by atoms with Gasteiger partial charge >= 0.3 is 23.9 Å². The van der Waals surface area contributed by atoms with Crippen LogP contribution in [-0.2, 0) is 24.5 Å². The molecule has 0 spiro atoms. The van der Waals surface area contributed by atoms with Crippen molar-refractivity contribution in [2.24, 2.45) is 5.92 Å². The first-order chi connectivity index (χ1) is 20.2.